The Hall–Kier alpha value is -3.89. The minimum atomic E-state index is -0.718. The topological polar surface area (TPSA) is 130 Å². The van der Waals surface area contributed by atoms with Crippen molar-refractivity contribution < 1.29 is 19.4 Å². The first-order valence-electron chi connectivity index (χ1n) is 12.9. The zero-order chi connectivity index (χ0) is 26.6. The summed E-state index contributed by atoms with van der Waals surface area (Å²) in [4.78, 5) is 41.2. The highest BCUT2D eigenvalue weighted by Crippen LogP contribution is 2.29. The van der Waals surface area contributed by atoms with E-state index in [1.54, 1.807) is 30.3 Å². The lowest BCUT2D eigenvalue weighted by atomic mass is 10.0. The molecule has 0 bridgehead atoms. The van der Waals surface area contributed by atoms with Crippen LogP contribution in [-0.4, -0.2) is 68.7 Å². The van der Waals surface area contributed by atoms with Crippen LogP contribution in [0.1, 0.15) is 53.0 Å². The molecule has 38 heavy (non-hydrogen) atoms. The van der Waals surface area contributed by atoms with Crippen molar-refractivity contribution in [3.63, 3.8) is 0 Å². The Morgan fingerprint density at radius 3 is 2.71 bits per heavy atom. The van der Waals surface area contributed by atoms with Gasteiger partial charge in [-0.2, -0.15) is 0 Å². The number of aliphatic hydroxyl groups excluding tert-OH is 1. The van der Waals surface area contributed by atoms with Gasteiger partial charge in [-0.1, -0.05) is 12.1 Å². The maximum Gasteiger partial charge on any atom is 0.255 e. The molecule has 1 aromatic carbocycles. The molecule has 2 aliphatic rings. The number of hydrogen-bond acceptors (Lipinski definition) is 8. The number of fused-ring (bicyclic) bond motifs is 1. The molecule has 3 aromatic rings. The van der Waals surface area contributed by atoms with Gasteiger partial charge in [0.2, 0.25) is 11.9 Å². The number of hydrogen-bond donors (Lipinski definition) is 3. The zero-order valence-corrected chi connectivity index (χ0v) is 21.6. The first-order chi connectivity index (χ1) is 18.4. The molecule has 0 saturated carbocycles. The second kappa shape index (κ2) is 11.2. The van der Waals surface area contributed by atoms with Gasteiger partial charge in [0.15, 0.2) is 0 Å². The molecule has 0 aliphatic carbocycles. The molecule has 1 fully saturated rings. The number of rotatable bonds is 8. The van der Waals surface area contributed by atoms with Gasteiger partial charge in [-0.05, 0) is 62.1 Å². The smallest absolute Gasteiger partial charge is 0.255 e. The molecule has 4 heterocycles. The van der Waals surface area contributed by atoms with Crippen LogP contribution in [0.15, 0.2) is 48.8 Å². The molecule has 0 unspecified atom stereocenters. The third-order valence-corrected chi connectivity index (χ3v) is 7.12. The van der Waals surface area contributed by atoms with E-state index in [0.717, 1.165) is 48.4 Å². The third kappa shape index (κ3) is 5.51. The number of aliphatic hydroxyl groups is 1. The summed E-state index contributed by atoms with van der Waals surface area (Å²) >= 11 is 0. The van der Waals surface area contributed by atoms with Gasteiger partial charge in [-0.25, -0.2) is 9.97 Å². The minimum Gasteiger partial charge on any atom is -0.394 e. The fraction of sp³-hybridized carbons (Fsp3) is 0.393. The number of aromatic nitrogens is 3. The quantitative estimate of drug-likeness (QED) is 0.417. The van der Waals surface area contributed by atoms with Gasteiger partial charge in [0.25, 0.3) is 5.91 Å². The number of aryl methyl sites for hydroxylation is 1. The predicted octanol–water partition coefficient (Wildman–Crippen LogP) is 2.63. The summed E-state index contributed by atoms with van der Waals surface area (Å²) in [5.74, 6) is 0.00918. The van der Waals surface area contributed by atoms with Crippen molar-refractivity contribution in [2.45, 2.75) is 51.4 Å². The van der Waals surface area contributed by atoms with Crippen molar-refractivity contribution in [3.8, 4) is 11.3 Å². The van der Waals surface area contributed by atoms with Crippen LogP contribution in [0.2, 0.25) is 0 Å². The molecular weight excluding hydrogens is 484 g/mol. The third-order valence-electron chi connectivity index (χ3n) is 7.12. The van der Waals surface area contributed by atoms with E-state index in [1.165, 1.54) is 0 Å². The van der Waals surface area contributed by atoms with Crippen molar-refractivity contribution in [2.75, 3.05) is 25.1 Å². The Labute approximate surface area is 221 Å². The number of ether oxygens (including phenoxy) is 1. The number of anilines is 1. The van der Waals surface area contributed by atoms with Crippen molar-refractivity contribution in [1.82, 2.24) is 25.2 Å². The SMILES string of the molecule is Cc1cc([C@@H](CO)NC(=O)[C@@H](C)N2Cc3ccc(-c4ccnc(NC5CCOCC5)n4)cc3C2=O)ccn1. The van der Waals surface area contributed by atoms with Gasteiger partial charge >= 0.3 is 0 Å². The van der Waals surface area contributed by atoms with E-state index in [-0.39, 0.29) is 24.5 Å². The summed E-state index contributed by atoms with van der Waals surface area (Å²) in [6.45, 7) is 5.07. The highest BCUT2D eigenvalue weighted by Gasteiger charge is 2.35. The lowest BCUT2D eigenvalue weighted by molar-refractivity contribution is -0.126. The van der Waals surface area contributed by atoms with Crippen molar-refractivity contribution in [3.05, 3.63) is 71.2 Å². The Balaban J connectivity index is 1.28. The van der Waals surface area contributed by atoms with Crippen LogP contribution < -0.4 is 10.6 Å². The van der Waals surface area contributed by atoms with Gasteiger partial charge in [0.05, 0.1) is 18.3 Å². The number of carbonyl (C=O) groups is 2. The number of carbonyl (C=O) groups excluding carboxylic acids is 2. The van der Waals surface area contributed by atoms with Gasteiger partial charge < -0.3 is 25.4 Å². The normalized spacial score (nSPS) is 17.1. The Kier molecular flexibility index (Phi) is 7.62. The molecule has 198 valence electrons. The van der Waals surface area contributed by atoms with Crippen LogP contribution >= 0.6 is 0 Å². The van der Waals surface area contributed by atoms with Crippen molar-refractivity contribution in [2.24, 2.45) is 0 Å². The molecule has 3 N–H and O–H groups in total. The van der Waals surface area contributed by atoms with Crippen LogP contribution in [0, 0.1) is 6.92 Å². The maximum absolute atomic E-state index is 13.4. The second-order valence-electron chi connectivity index (χ2n) is 9.75. The second-order valence-corrected chi connectivity index (χ2v) is 9.75. The maximum atomic E-state index is 13.4. The van der Waals surface area contributed by atoms with Crippen molar-refractivity contribution >= 4 is 17.8 Å². The number of amides is 2. The summed E-state index contributed by atoms with van der Waals surface area (Å²) in [6, 6.07) is 10.1. The van der Waals surface area contributed by atoms with E-state index < -0.39 is 12.1 Å². The first-order valence-corrected chi connectivity index (χ1v) is 12.9. The number of pyridine rings is 1. The average molecular weight is 517 g/mol. The van der Waals surface area contributed by atoms with E-state index in [1.807, 2.05) is 37.3 Å². The molecule has 0 spiro atoms. The summed E-state index contributed by atoms with van der Waals surface area (Å²) in [5.41, 5.74) is 4.49. The standard InChI is InChI=1S/C28H32N6O4/c1-17-13-20(5-9-29-17)25(16-35)32-26(36)18(2)34-15-21-4-3-19(14-23(21)27(34)37)24-6-10-30-28(33-24)31-22-7-11-38-12-8-22/h3-6,9-10,13-14,18,22,25,35H,7-8,11-12,15-16H2,1-2H3,(H,32,36)(H,30,31,33)/t18-,25-/m1/s1. The van der Waals surface area contributed by atoms with Gasteiger partial charge in [0.1, 0.15) is 6.04 Å². The molecular formula is C28H32N6O4. The van der Waals surface area contributed by atoms with Gasteiger partial charge in [-0.3, -0.25) is 14.6 Å². The molecule has 2 amide bonds. The molecule has 0 radical (unpaired) electrons. The molecule has 2 aliphatic heterocycles. The fourth-order valence-electron chi connectivity index (χ4n) is 4.86. The van der Waals surface area contributed by atoms with E-state index in [0.29, 0.717) is 23.8 Å². The van der Waals surface area contributed by atoms with E-state index in [9.17, 15) is 14.7 Å². The molecule has 2 aromatic heterocycles. The van der Waals surface area contributed by atoms with Crippen LogP contribution in [0.25, 0.3) is 11.3 Å². The number of benzene rings is 1. The summed E-state index contributed by atoms with van der Waals surface area (Å²) < 4.78 is 5.42. The molecule has 1 saturated heterocycles. The number of nitrogens with one attached hydrogen (secondary N) is 2. The largest absolute Gasteiger partial charge is 0.394 e. The van der Waals surface area contributed by atoms with Crippen LogP contribution in [0.5, 0.6) is 0 Å². The van der Waals surface area contributed by atoms with Crippen LogP contribution in [0.3, 0.4) is 0 Å². The lowest BCUT2D eigenvalue weighted by Crippen LogP contribution is -2.46. The highest BCUT2D eigenvalue weighted by atomic mass is 16.5. The van der Waals surface area contributed by atoms with Crippen molar-refractivity contribution in [1.29, 1.82) is 0 Å². The highest BCUT2D eigenvalue weighted by molar-refractivity contribution is 6.02. The summed E-state index contributed by atoms with van der Waals surface area (Å²) in [5, 5.41) is 16.1. The Morgan fingerprint density at radius 1 is 1.16 bits per heavy atom. The van der Waals surface area contributed by atoms with Crippen LogP contribution in [0.4, 0.5) is 5.95 Å². The lowest BCUT2D eigenvalue weighted by Gasteiger charge is -2.26. The molecule has 10 heteroatoms. The van der Waals surface area contributed by atoms with E-state index in [2.05, 4.69) is 25.6 Å². The van der Waals surface area contributed by atoms with E-state index >= 15 is 0 Å². The van der Waals surface area contributed by atoms with E-state index in [4.69, 9.17) is 4.74 Å². The predicted molar refractivity (Wildman–Crippen MR) is 141 cm³/mol. The average Bonchev–Trinajstić information content (AvgIpc) is 3.27. The molecule has 5 rings (SSSR count). The first kappa shape index (κ1) is 25.7. The van der Waals surface area contributed by atoms with Gasteiger partial charge in [-0.15, -0.1) is 0 Å². The fourth-order valence-corrected chi connectivity index (χ4v) is 4.86. The minimum absolute atomic E-state index is 0.209. The van der Waals surface area contributed by atoms with Crippen LogP contribution in [-0.2, 0) is 16.1 Å². The van der Waals surface area contributed by atoms with Gasteiger partial charge in [0, 0.05) is 55.0 Å². The molecule has 2 atom stereocenters. The summed E-state index contributed by atoms with van der Waals surface area (Å²) in [7, 11) is 0. The molecule has 10 nitrogen and oxygen atoms in total. The Morgan fingerprint density at radius 2 is 1.95 bits per heavy atom. The number of nitrogens with zero attached hydrogens (tertiary/aromatic N) is 4. The monoisotopic (exact) mass is 516 g/mol. The zero-order valence-electron chi connectivity index (χ0n) is 21.6. The Bertz CT molecular complexity index is 1330. The summed E-state index contributed by atoms with van der Waals surface area (Å²) in [6.07, 6.45) is 5.16.